The number of ether oxygens (including phenoxy) is 2. The summed E-state index contributed by atoms with van der Waals surface area (Å²) in [6.45, 7) is 8.39. The lowest BCUT2D eigenvalue weighted by atomic mass is 10.0. The highest BCUT2D eigenvalue weighted by Gasteiger charge is 2.38. The molecule has 1 heterocycles. The van der Waals surface area contributed by atoms with Crippen molar-refractivity contribution in [2.24, 2.45) is 0 Å². The van der Waals surface area contributed by atoms with Crippen molar-refractivity contribution in [3.63, 3.8) is 0 Å². The lowest BCUT2D eigenvalue weighted by Crippen LogP contribution is -2.34. The van der Waals surface area contributed by atoms with E-state index in [1.54, 1.807) is 30.3 Å². The van der Waals surface area contributed by atoms with E-state index in [9.17, 15) is 14.0 Å². The summed E-state index contributed by atoms with van der Waals surface area (Å²) in [6, 6.07) is 12.8. The molecule has 170 valence electrons. The van der Waals surface area contributed by atoms with Gasteiger partial charge in [-0.3, -0.25) is 14.5 Å². The molecule has 0 unspecified atom stereocenters. The van der Waals surface area contributed by atoms with Crippen LogP contribution in [-0.2, 0) is 14.3 Å². The van der Waals surface area contributed by atoms with E-state index in [1.807, 2.05) is 27.7 Å². The predicted molar refractivity (Wildman–Crippen MR) is 122 cm³/mol. The summed E-state index contributed by atoms with van der Waals surface area (Å²) in [7, 11) is 0. The third-order valence-corrected chi connectivity index (χ3v) is 4.75. The summed E-state index contributed by atoms with van der Waals surface area (Å²) in [5, 5.41) is 2.96. The maximum Gasteiger partial charge on any atom is 0.278 e. The van der Waals surface area contributed by atoms with Gasteiger partial charge in [0.25, 0.3) is 11.8 Å². The SMILES string of the molecule is CC(C)OCCCN1C(=O)C(Nc2cccc(F)c2)=C(c2ccc(OC(C)C)cc2)C1=O. The molecule has 0 radical (unpaired) electrons. The number of nitrogens with zero attached hydrogens (tertiary/aromatic N) is 1. The molecule has 32 heavy (non-hydrogen) atoms. The number of halogens is 1. The minimum Gasteiger partial charge on any atom is -0.491 e. The monoisotopic (exact) mass is 440 g/mol. The number of hydrogen-bond acceptors (Lipinski definition) is 5. The largest absolute Gasteiger partial charge is 0.491 e. The van der Waals surface area contributed by atoms with Crippen molar-refractivity contribution < 1.29 is 23.5 Å². The highest BCUT2D eigenvalue weighted by Crippen LogP contribution is 2.31. The van der Waals surface area contributed by atoms with Crippen LogP contribution in [0.5, 0.6) is 5.75 Å². The van der Waals surface area contributed by atoms with E-state index in [0.717, 1.165) is 0 Å². The van der Waals surface area contributed by atoms with Crippen LogP contribution in [0.1, 0.15) is 39.7 Å². The molecule has 0 aliphatic carbocycles. The number of carbonyl (C=O) groups excluding carboxylic acids is 2. The topological polar surface area (TPSA) is 67.9 Å². The van der Waals surface area contributed by atoms with Gasteiger partial charge in [-0.15, -0.1) is 0 Å². The smallest absolute Gasteiger partial charge is 0.278 e. The average Bonchev–Trinajstić information content (AvgIpc) is 2.95. The molecule has 0 bridgehead atoms. The standard InChI is InChI=1S/C25H29FN2O4/c1-16(2)31-14-6-13-28-24(29)22(18-9-11-21(12-10-18)32-17(3)4)23(25(28)30)27-20-8-5-7-19(26)15-20/h5,7-12,15-17,27H,6,13-14H2,1-4H3. The fourth-order valence-corrected chi connectivity index (χ4v) is 3.39. The van der Waals surface area contributed by atoms with E-state index in [4.69, 9.17) is 9.47 Å². The molecule has 6 nitrogen and oxygen atoms in total. The van der Waals surface area contributed by atoms with Crippen molar-refractivity contribution in [3.05, 3.63) is 65.6 Å². The molecule has 1 aliphatic rings. The van der Waals surface area contributed by atoms with Gasteiger partial charge in [-0.25, -0.2) is 4.39 Å². The Hall–Kier alpha value is -3.19. The van der Waals surface area contributed by atoms with Crippen molar-refractivity contribution in [1.29, 1.82) is 0 Å². The molecule has 0 saturated carbocycles. The Balaban J connectivity index is 1.90. The Morgan fingerprint density at radius 3 is 2.31 bits per heavy atom. The normalized spacial score (nSPS) is 14.2. The fraction of sp³-hybridized carbons (Fsp3) is 0.360. The van der Waals surface area contributed by atoms with Crippen molar-refractivity contribution in [2.45, 2.75) is 46.3 Å². The van der Waals surface area contributed by atoms with Gasteiger partial charge < -0.3 is 14.8 Å². The maximum absolute atomic E-state index is 13.7. The van der Waals surface area contributed by atoms with Crippen LogP contribution in [0, 0.1) is 5.82 Å². The molecule has 0 aromatic heterocycles. The Morgan fingerprint density at radius 1 is 0.969 bits per heavy atom. The van der Waals surface area contributed by atoms with Crippen molar-refractivity contribution in [1.82, 2.24) is 4.90 Å². The molecule has 1 N–H and O–H groups in total. The number of amides is 2. The van der Waals surface area contributed by atoms with E-state index in [2.05, 4.69) is 5.32 Å². The number of anilines is 1. The van der Waals surface area contributed by atoms with Gasteiger partial charge in [-0.05, 0) is 70.0 Å². The van der Waals surface area contributed by atoms with Crippen molar-refractivity contribution in [3.8, 4) is 5.75 Å². The first-order chi connectivity index (χ1) is 15.3. The minimum absolute atomic E-state index is 0.0171. The van der Waals surface area contributed by atoms with Gasteiger partial charge in [-0.1, -0.05) is 18.2 Å². The van der Waals surface area contributed by atoms with Crippen LogP contribution in [0.15, 0.2) is 54.2 Å². The van der Waals surface area contributed by atoms with E-state index < -0.39 is 17.6 Å². The Morgan fingerprint density at radius 2 is 1.69 bits per heavy atom. The number of benzene rings is 2. The van der Waals surface area contributed by atoms with E-state index in [1.165, 1.54) is 23.1 Å². The molecule has 2 aromatic rings. The molecular weight excluding hydrogens is 411 g/mol. The number of rotatable bonds is 10. The summed E-state index contributed by atoms with van der Waals surface area (Å²) in [5.41, 5.74) is 1.35. The van der Waals surface area contributed by atoms with Crippen LogP contribution in [0.4, 0.5) is 10.1 Å². The highest BCUT2D eigenvalue weighted by atomic mass is 19.1. The number of hydrogen-bond donors (Lipinski definition) is 1. The van der Waals surface area contributed by atoms with Gasteiger partial charge in [-0.2, -0.15) is 0 Å². The molecule has 0 spiro atoms. The van der Waals surface area contributed by atoms with Gasteiger partial charge in [0.1, 0.15) is 17.3 Å². The number of imide groups is 1. The maximum atomic E-state index is 13.7. The molecule has 0 fully saturated rings. The first kappa shape index (κ1) is 23.5. The first-order valence-corrected chi connectivity index (χ1v) is 10.8. The zero-order valence-electron chi connectivity index (χ0n) is 18.9. The van der Waals surface area contributed by atoms with Gasteiger partial charge in [0, 0.05) is 18.8 Å². The van der Waals surface area contributed by atoms with E-state index >= 15 is 0 Å². The second-order valence-corrected chi connectivity index (χ2v) is 8.11. The third-order valence-electron chi connectivity index (χ3n) is 4.75. The van der Waals surface area contributed by atoms with Crippen LogP contribution < -0.4 is 10.1 Å². The summed E-state index contributed by atoms with van der Waals surface area (Å²) in [6.07, 6.45) is 0.617. The molecule has 1 aliphatic heterocycles. The zero-order valence-corrected chi connectivity index (χ0v) is 18.9. The van der Waals surface area contributed by atoms with Crippen LogP contribution in [-0.4, -0.2) is 42.1 Å². The molecule has 2 amide bonds. The lowest BCUT2D eigenvalue weighted by molar-refractivity contribution is -0.137. The van der Waals surface area contributed by atoms with Gasteiger partial charge in [0.05, 0.1) is 17.8 Å². The van der Waals surface area contributed by atoms with Gasteiger partial charge in [0.2, 0.25) is 0 Å². The lowest BCUT2D eigenvalue weighted by Gasteiger charge is -2.16. The average molecular weight is 441 g/mol. The molecule has 7 heteroatoms. The second-order valence-electron chi connectivity index (χ2n) is 8.11. The van der Waals surface area contributed by atoms with Crippen molar-refractivity contribution in [2.75, 3.05) is 18.5 Å². The highest BCUT2D eigenvalue weighted by molar-refractivity contribution is 6.36. The predicted octanol–water partition coefficient (Wildman–Crippen LogP) is 4.62. The number of carbonyl (C=O) groups is 2. The minimum atomic E-state index is -0.443. The van der Waals surface area contributed by atoms with Crippen LogP contribution in [0.25, 0.3) is 5.57 Å². The summed E-state index contributed by atoms with van der Waals surface area (Å²) in [5.74, 6) is -0.604. The summed E-state index contributed by atoms with van der Waals surface area (Å²) >= 11 is 0. The van der Waals surface area contributed by atoms with Gasteiger partial charge in [0.15, 0.2) is 0 Å². The molecule has 3 rings (SSSR count). The van der Waals surface area contributed by atoms with E-state index in [0.29, 0.717) is 30.0 Å². The Bertz CT molecular complexity index is 999. The van der Waals surface area contributed by atoms with E-state index in [-0.39, 0.29) is 30.0 Å². The van der Waals surface area contributed by atoms with Gasteiger partial charge >= 0.3 is 0 Å². The summed E-state index contributed by atoms with van der Waals surface area (Å²) < 4.78 is 24.9. The second kappa shape index (κ2) is 10.4. The molecule has 2 aromatic carbocycles. The zero-order chi connectivity index (χ0) is 23.3. The van der Waals surface area contributed by atoms with Crippen LogP contribution in [0.2, 0.25) is 0 Å². The summed E-state index contributed by atoms with van der Waals surface area (Å²) in [4.78, 5) is 27.6. The van der Waals surface area contributed by atoms with Crippen molar-refractivity contribution >= 4 is 23.1 Å². The molecule has 0 atom stereocenters. The van der Waals surface area contributed by atoms with Crippen LogP contribution >= 0.6 is 0 Å². The molecule has 0 saturated heterocycles. The molecular formula is C25H29FN2O4. The third kappa shape index (κ3) is 5.73. The Kier molecular flexibility index (Phi) is 7.64. The number of nitrogens with one attached hydrogen (secondary N) is 1. The van der Waals surface area contributed by atoms with Crippen LogP contribution in [0.3, 0.4) is 0 Å². The fourth-order valence-electron chi connectivity index (χ4n) is 3.39. The Labute approximate surface area is 188 Å². The quantitative estimate of drug-likeness (QED) is 0.431. The first-order valence-electron chi connectivity index (χ1n) is 10.8.